The van der Waals surface area contributed by atoms with E-state index in [0.29, 0.717) is 12.5 Å². The van der Waals surface area contributed by atoms with Gasteiger partial charge in [-0.3, -0.25) is 0 Å². The van der Waals surface area contributed by atoms with Gasteiger partial charge in [-0.05, 0) is 19.1 Å². The fraction of sp³-hybridized carbons (Fsp3) is 0.385. The van der Waals surface area contributed by atoms with Crippen LogP contribution in [0.5, 0.6) is 0 Å². The van der Waals surface area contributed by atoms with Crippen LogP contribution in [0.4, 0.5) is 11.8 Å². The highest BCUT2D eigenvalue weighted by molar-refractivity contribution is 5.89. The number of hydrogen-bond acceptors (Lipinski definition) is 5. The normalized spacial score (nSPS) is 12.4. The zero-order valence-electron chi connectivity index (χ0n) is 10.9. The van der Waals surface area contributed by atoms with Crippen molar-refractivity contribution in [1.29, 1.82) is 0 Å². The zero-order valence-corrected chi connectivity index (χ0v) is 10.9. The van der Waals surface area contributed by atoms with Crippen molar-refractivity contribution in [3.05, 3.63) is 24.3 Å². The average Bonchev–Trinajstić information content (AvgIpc) is 2.43. The molecular formula is C13H18N4O. The highest BCUT2D eigenvalue weighted by atomic mass is 16.5. The Morgan fingerprint density at radius 1 is 1.28 bits per heavy atom. The smallest absolute Gasteiger partial charge is 0.224 e. The number of rotatable bonds is 5. The Kier molecular flexibility index (Phi) is 3.94. The van der Waals surface area contributed by atoms with E-state index < -0.39 is 0 Å². The van der Waals surface area contributed by atoms with Gasteiger partial charge in [-0.25, -0.2) is 4.98 Å². The van der Waals surface area contributed by atoms with Crippen LogP contribution in [0.3, 0.4) is 0 Å². The molecule has 1 aromatic heterocycles. The number of anilines is 2. The fourth-order valence-electron chi connectivity index (χ4n) is 1.65. The molecule has 0 fully saturated rings. The molecule has 1 aromatic carbocycles. The van der Waals surface area contributed by atoms with Crippen molar-refractivity contribution in [3.63, 3.8) is 0 Å². The molecule has 5 heteroatoms. The predicted molar refractivity (Wildman–Crippen MR) is 74.0 cm³/mol. The summed E-state index contributed by atoms with van der Waals surface area (Å²) < 4.78 is 5.22. The molecular weight excluding hydrogens is 228 g/mol. The summed E-state index contributed by atoms with van der Waals surface area (Å²) in [5, 5.41) is 7.28. The van der Waals surface area contributed by atoms with Gasteiger partial charge in [0.2, 0.25) is 5.95 Å². The summed E-state index contributed by atoms with van der Waals surface area (Å²) in [4.78, 5) is 8.84. The van der Waals surface area contributed by atoms with Crippen LogP contribution in [0.2, 0.25) is 0 Å². The summed E-state index contributed by atoms with van der Waals surface area (Å²) in [5.74, 6) is 1.44. The van der Waals surface area contributed by atoms with E-state index in [9.17, 15) is 0 Å². The lowest BCUT2D eigenvalue weighted by molar-refractivity contribution is 0.128. The van der Waals surface area contributed by atoms with E-state index in [-0.39, 0.29) is 6.10 Å². The molecule has 2 aromatic rings. The van der Waals surface area contributed by atoms with Crippen molar-refractivity contribution in [2.45, 2.75) is 13.0 Å². The topological polar surface area (TPSA) is 59.1 Å². The molecule has 0 aliphatic carbocycles. The number of hydrogen-bond donors (Lipinski definition) is 2. The maximum Gasteiger partial charge on any atom is 0.224 e. The van der Waals surface area contributed by atoms with Crippen molar-refractivity contribution in [3.8, 4) is 0 Å². The molecule has 2 rings (SSSR count). The van der Waals surface area contributed by atoms with E-state index in [1.54, 1.807) is 7.11 Å². The molecule has 5 nitrogen and oxygen atoms in total. The molecule has 0 saturated heterocycles. The molecule has 0 amide bonds. The summed E-state index contributed by atoms with van der Waals surface area (Å²) >= 11 is 0. The molecule has 0 bridgehead atoms. The van der Waals surface area contributed by atoms with E-state index in [0.717, 1.165) is 16.7 Å². The molecule has 0 saturated carbocycles. The van der Waals surface area contributed by atoms with Crippen LogP contribution in [-0.2, 0) is 4.74 Å². The van der Waals surface area contributed by atoms with E-state index in [2.05, 4.69) is 20.6 Å². The third-order valence-electron chi connectivity index (χ3n) is 2.79. The minimum absolute atomic E-state index is 0.136. The van der Waals surface area contributed by atoms with Crippen LogP contribution in [-0.4, -0.2) is 36.8 Å². The van der Waals surface area contributed by atoms with Crippen molar-refractivity contribution in [2.24, 2.45) is 0 Å². The number of nitrogens with zero attached hydrogens (tertiary/aromatic N) is 2. The molecule has 0 aliphatic rings. The molecule has 0 aliphatic heterocycles. The van der Waals surface area contributed by atoms with Crippen molar-refractivity contribution in [2.75, 3.05) is 31.3 Å². The molecule has 18 heavy (non-hydrogen) atoms. The van der Waals surface area contributed by atoms with Gasteiger partial charge < -0.3 is 15.4 Å². The Balaban J connectivity index is 2.34. The Morgan fingerprint density at radius 2 is 2.06 bits per heavy atom. The maximum atomic E-state index is 5.22. The molecule has 1 atom stereocenters. The molecule has 1 heterocycles. The van der Waals surface area contributed by atoms with E-state index in [4.69, 9.17) is 4.74 Å². The van der Waals surface area contributed by atoms with Crippen molar-refractivity contribution < 1.29 is 4.74 Å². The largest absolute Gasteiger partial charge is 0.380 e. The van der Waals surface area contributed by atoms with Gasteiger partial charge in [-0.1, -0.05) is 12.1 Å². The van der Waals surface area contributed by atoms with Crippen molar-refractivity contribution in [1.82, 2.24) is 9.97 Å². The van der Waals surface area contributed by atoms with Crippen LogP contribution >= 0.6 is 0 Å². The summed E-state index contributed by atoms with van der Waals surface area (Å²) in [5.41, 5.74) is 0.921. The number of para-hydroxylation sites is 1. The first-order valence-corrected chi connectivity index (χ1v) is 5.95. The summed E-state index contributed by atoms with van der Waals surface area (Å²) in [6, 6.07) is 7.93. The van der Waals surface area contributed by atoms with Crippen LogP contribution < -0.4 is 10.6 Å². The highest BCUT2D eigenvalue weighted by Crippen LogP contribution is 2.21. The van der Waals surface area contributed by atoms with Crippen molar-refractivity contribution >= 4 is 22.7 Å². The maximum absolute atomic E-state index is 5.22. The SMILES string of the molecule is CNc1nc(NCC(C)OC)c2ccccc2n1. The summed E-state index contributed by atoms with van der Waals surface area (Å²) in [6.45, 7) is 2.72. The number of nitrogens with one attached hydrogen (secondary N) is 2. The molecule has 96 valence electrons. The van der Waals surface area contributed by atoms with E-state index in [1.807, 2.05) is 38.2 Å². The Hall–Kier alpha value is -1.88. The minimum Gasteiger partial charge on any atom is -0.380 e. The Bertz CT molecular complexity index is 529. The summed E-state index contributed by atoms with van der Waals surface area (Å²) in [7, 11) is 3.51. The first-order valence-electron chi connectivity index (χ1n) is 5.95. The van der Waals surface area contributed by atoms with Gasteiger partial charge in [0.25, 0.3) is 0 Å². The van der Waals surface area contributed by atoms with Gasteiger partial charge in [0.1, 0.15) is 5.82 Å². The monoisotopic (exact) mass is 246 g/mol. The van der Waals surface area contributed by atoms with Crippen LogP contribution in [0, 0.1) is 0 Å². The molecule has 2 N–H and O–H groups in total. The molecule has 0 spiro atoms. The molecule has 0 radical (unpaired) electrons. The fourth-order valence-corrected chi connectivity index (χ4v) is 1.65. The quantitative estimate of drug-likeness (QED) is 0.846. The first kappa shape index (κ1) is 12.6. The predicted octanol–water partition coefficient (Wildman–Crippen LogP) is 2.12. The minimum atomic E-state index is 0.136. The van der Waals surface area contributed by atoms with E-state index >= 15 is 0 Å². The van der Waals surface area contributed by atoms with Crippen LogP contribution in [0.25, 0.3) is 10.9 Å². The Labute approximate surface area is 107 Å². The lowest BCUT2D eigenvalue weighted by Gasteiger charge is -2.13. The second kappa shape index (κ2) is 5.64. The van der Waals surface area contributed by atoms with Gasteiger partial charge >= 0.3 is 0 Å². The van der Waals surface area contributed by atoms with Gasteiger partial charge in [0, 0.05) is 26.1 Å². The van der Waals surface area contributed by atoms with Crippen LogP contribution in [0.15, 0.2) is 24.3 Å². The first-order chi connectivity index (χ1) is 8.74. The zero-order chi connectivity index (χ0) is 13.0. The third-order valence-corrected chi connectivity index (χ3v) is 2.79. The average molecular weight is 246 g/mol. The standard InChI is InChI=1S/C13H18N4O/c1-9(18-3)8-15-12-10-6-4-5-7-11(10)16-13(14-2)17-12/h4-7,9H,8H2,1-3H3,(H2,14,15,16,17). The van der Waals surface area contributed by atoms with Gasteiger partial charge in [-0.2, -0.15) is 4.98 Å². The van der Waals surface area contributed by atoms with Gasteiger partial charge in [-0.15, -0.1) is 0 Å². The number of benzene rings is 1. The number of fused-ring (bicyclic) bond motifs is 1. The number of methoxy groups -OCH3 is 1. The Morgan fingerprint density at radius 3 is 2.78 bits per heavy atom. The molecule has 1 unspecified atom stereocenters. The lowest BCUT2D eigenvalue weighted by atomic mass is 10.2. The third kappa shape index (κ3) is 2.68. The number of aromatic nitrogens is 2. The van der Waals surface area contributed by atoms with E-state index in [1.165, 1.54) is 0 Å². The van der Waals surface area contributed by atoms with Gasteiger partial charge in [0.05, 0.1) is 11.6 Å². The number of ether oxygens (including phenoxy) is 1. The second-order valence-electron chi connectivity index (χ2n) is 4.09. The van der Waals surface area contributed by atoms with Crippen LogP contribution in [0.1, 0.15) is 6.92 Å². The van der Waals surface area contributed by atoms with Gasteiger partial charge in [0.15, 0.2) is 0 Å². The lowest BCUT2D eigenvalue weighted by Crippen LogP contribution is -2.19. The highest BCUT2D eigenvalue weighted by Gasteiger charge is 2.07. The summed E-state index contributed by atoms with van der Waals surface area (Å²) in [6.07, 6.45) is 0.136. The second-order valence-corrected chi connectivity index (χ2v) is 4.09.